The third-order valence-corrected chi connectivity index (χ3v) is 2.78. The molecule has 1 unspecified atom stereocenters. The molecule has 1 atom stereocenters. The number of anilines is 3. The van der Waals surface area contributed by atoms with Gasteiger partial charge in [-0.3, -0.25) is 0 Å². The molecule has 94 valence electrons. The summed E-state index contributed by atoms with van der Waals surface area (Å²) in [5.74, 6) is 1.71. The first-order valence-electron chi connectivity index (χ1n) is 5.95. The van der Waals surface area contributed by atoms with Crippen molar-refractivity contribution in [3.63, 3.8) is 0 Å². The molecular weight excluding hydrogens is 218 g/mol. The number of hydrogen-bond donors (Lipinski definition) is 3. The zero-order valence-electron chi connectivity index (χ0n) is 10.1. The number of nitrogen functional groups attached to an aromatic ring is 1. The van der Waals surface area contributed by atoms with Crippen molar-refractivity contribution < 1.29 is 4.74 Å². The van der Waals surface area contributed by atoms with E-state index in [-0.39, 0.29) is 12.1 Å². The second kappa shape index (κ2) is 5.67. The first-order valence-corrected chi connectivity index (χ1v) is 5.95. The highest BCUT2D eigenvalue weighted by Gasteiger charge is 2.13. The Kier molecular flexibility index (Phi) is 3.98. The highest BCUT2D eigenvalue weighted by Crippen LogP contribution is 2.15. The van der Waals surface area contributed by atoms with Crippen LogP contribution in [0.4, 0.5) is 17.6 Å². The van der Waals surface area contributed by atoms with E-state index in [9.17, 15) is 0 Å². The van der Waals surface area contributed by atoms with Crippen LogP contribution >= 0.6 is 0 Å². The van der Waals surface area contributed by atoms with E-state index < -0.39 is 0 Å². The van der Waals surface area contributed by atoms with Crippen LogP contribution in [0, 0.1) is 0 Å². The van der Waals surface area contributed by atoms with E-state index >= 15 is 0 Å². The van der Waals surface area contributed by atoms with Crippen molar-refractivity contribution in [1.82, 2.24) is 9.97 Å². The maximum absolute atomic E-state index is 5.63. The predicted molar refractivity (Wildman–Crippen MR) is 68.1 cm³/mol. The highest BCUT2D eigenvalue weighted by molar-refractivity contribution is 5.50. The van der Waals surface area contributed by atoms with Gasteiger partial charge in [0.15, 0.2) is 0 Å². The molecule has 0 amide bonds. The predicted octanol–water partition coefficient (Wildman–Crippen LogP) is 1.08. The van der Waals surface area contributed by atoms with Crippen LogP contribution in [0.1, 0.15) is 19.3 Å². The molecule has 0 radical (unpaired) electrons. The van der Waals surface area contributed by atoms with Crippen LogP contribution < -0.4 is 16.4 Å². The molecule has 0 spiro atoms. The number of nitrogens with zero attached hydrogens (tertiary/aromatic N) is 2. The summed E-state index contributed by atoms with van der Waals surface area (Å²) in [6.45, 7) is 1.62. The van der Waals surface area contributed by atoms with Crippen molar-refractivity contribution in [2.45, 2.75) is 25.4 Å². The zero-order chi connectivity index (χ0) is 12.1. The third kappa shape index (κ3) is 3.45. The van der Waals surface area contributed by atoms with Gasteiger partial charge in [-0.2, -0.15) is 9.97 Å². The van der Waals surface area contributed by atoms with Crippen molar-refractivity contribution in [2.24, 2.45) is 0 Å². The number of hydrogen-bond acceptors (Lipinski definition) is 6. The summed E-state index contributed by atoms with van der Waals surface area (Å²) >= 11 is 0. The number of rotatable bonds is 4. The van der Waals surface area contributed by atoms with E-state index in [2.05, 4.69) is 20.6 Å². The van der Waals surface area contributed by atoms with Gasteiger partial charge < -0.3 is 21.1 Å². The van der Waals surface area contributed by atoms with Gasteiger partial charge in [-0.1, -0.05) is 0 Å². The minimum absolute atomic E-state index is 0.268. The average Bonchev–Trinajstić information content (AvgIpc) is 2.37. The molecule has 1 aromatic heterocycles. The second-order valence-corrected chi connectivity index (χ2v) is 4.12. The van der Waals surface area contributed by atoms with Gasteiger partial charge in [-0.15, -0.1) is 0 Å². The number of nitrogens with one attached hydrogen (secondary N) is 2. The first-order chi connectivity index (χ1) is 8.28. The van der Waals surface area contributed by atoms with Crippen LogP contribution in [0.2, 0.25) is 0 Å². The summed E-state index contributed by atoms with van der Waals surface area (Å²) in [6, 6.07) is 1.83. The van der Waals surface area contributed by atoms with Crippen LogP contribution in [0.25, 0.3) is 0 Å². The molecule has 0 aliphatic carbocycles. The quantitative estimate of drug-likeness (QED) is 0.726. The Morgan fingerprint density at radius 3 is 2.94 bits per heavy atom. The summed E-state index contributed by atoms with van der Waals surface area (Å²) in [4.78, 5) is 8.16. The molecule has 1 fully saturated rings. The van der Waals surface area contributed by atoms with Crippen molar-refractivity contribution in [3.8, 4) is 0 Å². The highest BCUT2D eigenvalue weighted by atomic mass is 16.5. The number of aromatic nitrogens is 2. The molecule has 0 saturated carbocycles. The van der Waals surface area contributed by atoms with E-state index in [0.29, 0.717) is 5.82 Å². The molecule has 6 heteroatoms. The Bertz CT molecular complexity index is 365. The molecule has 1 aliphatic rings. The molecule has 0 bridgehead atoms. The van der Waals surface area contributed by atoms with Gasteiger partial charge in [0.05, 0.1) is 6.10 Å². The average molecular weight is 237 g/mol. The van der Waals surface area contributed by atoms with Gasteiger partial charge in [0.1, 0.15) is 11.6 Å². The summed E-state index contributed by atoms with van der Waals surface area (Å²) in [5.41, 5.74) is 5.61. The minimum Gasteiger partial charge on any atom is -0.376 e. The van der Waals surface area contributed by atoms with E-state index in [1.54, 1.807) is 7.05 Å². The Morgan fingerprint density at radius 2 is 2.24 bits per heavy atom. The molecule has 1 saturated heterocycles. The van der Waals surface area contributed by atoms with E-state index in [4.69, 9.17) is 10.5 Å². The van der Waals surface area contributed by atoms with E-state index in [1.807, 2.05) is 6.07 Å². The van der Waals surface area contributed by atoms with Crippen LogP contribution in [-0.2, 0) is 4.74 Å². The van der Waals surface area contributed by atoms with Gasteiger partial charge in [0.25, 0.3) is 0 Å². The van der Waals surface area contributed by atoms with Crippen LogP contribution in [0.15, 0.2) is 6.07 Å². The maximum Gasteiger partial charge on any atom is 0.223 e. The lowest BCUT2D eigenvalue weighted by Crippen LogP contribution is -2.27. The number of ether oxygens (including phenoxy) is 1. The van der Waals surface area contributed by atoms with Gasteiger partial charge in [0.2, 0.25) is 5.95 Å². The fourth-order valence-corrected chi connectivity index (χ4v) is 1.87. The first kappa shape index (κ1) is 11.9. The van der Waals surface area contributed by atoms with Crippen LogP contribution in [-0.4, -0.2) is 36.3 Å². The topological polar surface area (TPSA) is 85.1 Å². The van der Waals surface area contributed by atoms with Gasteiger partial charge in [0, 0.05) is 26.3 Å². The van der Waals surface area contributed by atoms with E-state index in [1.165, 1.54) is 12.8 Å². The second-order valence-electron chi connectivity index (χ2n) is 4.12. The minimum atomic E-state index is 0.268. The monoisotopic (exact) mass is 237 g/mol. The lowest BCUT2D eigenvalue weighted by atomic mass is 10.1. The van der Waals surface area contributed by atoms with Crippen LogP contribution in [0.5, 0.6) is 0 Å². The lowest BCUT2D eigenvalue weighted by Gasteiger charge is -2.23. The number of nitrogens with two attached hydrogens (primary N) is 1. The van der Waals surface area contributed by atoms with Crippen molar-refractivity contribution >= 4 is 17.6 Å². The lowest BCUT2D eigenvalue weighted by molar-refractivity contribution is 0.0247. The molecule has 6 nitrogen and oxygen atoms in total. The molecule has 2 heterocycles. The van der Waals surface area contributed by atoms with Gasteiger partial charge in [-0.25, -0.2) is 0 Å². The third-order valence-electron chi connectivity index (χ3n) is 2.78. The summed E-state index contributed by atoms with van der Waals surface area (Å²) in [6.07, 6.45) is 3.78. The molecule has 17 heavy (non-hydrogen) atoms. The molecule has 4 N–H and O–H groups in total. The zero-order valence-corrected chi connectivity index (χ0v) is 10.1. The van der Waals surface area contributed by atoms with Crippen molar-refractivity contribution in [2.75, 3.05) is 36.6 Å². The summed E-state index contributed by atoms with van der Waals surface area (Å²) in [7, 11) is 1.80. The smallest absolute Gasteiger partial charge is 0.223 e. The fourth-order valence-electron chi connectivity index (χ4n) is 1.87. The molecular formula is C11H19N5O. The van der Waals surface area contributed by atoms with E-state index in [0.717, 1.165) is 25.4 Å². The Hall–Kier alpha value is -1.56. The molecule has 0 aromatic carbocycles. The fraction of sp³-hybridized carbons (Fsp3) is 0.636. The largest absolute Gasteiger partial charge is 0.376 e. The molecule has 2 rings (SSSR count). The standard InChI is InChI=1S/C11H19N5O/c1-13-9-6-10(16-11(12)15-9)14-7-8-4-2-3-5-17-8/h6,8H,2-5,7H2,1H3,(H4,12,13,14,15,16). The Labute approximate surface area is 101 Å². The van der Waals surface area contributed by atoms with Gasteiger partial charge in [-0.05, 0) is 19.3 Å². The van der Waals surface area contributed by atoms with Gasteiger partial charge >= 0.3 is 0 Å². The van der Waals surface area contributed by atoms with Crippen molar-refractivity contribution in [1.29, 1.82) is 0 Å². The SMILES string of the molecule is CNc1cc(NCC2CCCCO2)nc(N)n1. The van der Waals surface area contributed by atoms with Crippen LogP contribution in [0.3, 0.4) is 0 Å². The summed E-state index contributed by atoms with van der Waals surface area (Å²) in [5, 5.41) is 6.18. The molecule has 1 aromatic rings. The van der Waals surface area contributed by atoms with Crippen molar-refractivity contribution in [3.05, 3.63) is 6.07 Å². The molecule has 1 aliphatic heterocycles. The maximum atomic E-state index is 5.63. The normalized spacial score (nSPS) is 19.9. The summed E-state index contributed by atoms with van der Waals surface area (Å²) < 4.78 is 5.63. The Balaban J connectivity index is 1.91. The Morgan fingerprint density at radius 1 is 1.41 bits per heavy atom.